The first-order valence-corrected chi connectivity index (χ1v) is 7.90. The molecule has 4 nitrogen and oxygen atoms in total. The molecule has 1 aliphatic heterocycles. The summed E-state index contributed by atoms with van der Waals surface area (Å²) in [6.45, 7) is 3.68. The van der Waals surface area contributed by atoms with Crippen LogP contribution in [0.4, 0.5) is 22.7 Å². The van der Waals surface area contributed by atoms with E-state index < -0.39 is 0 Å². The number of anilines is 4. The first-order chi connectivity index (χ1) is 10.5. The van der Waals surface area contributed by atoms with Gasteiger partial charge in [-0.15, -0.1) is 0 Å². The number of benzene rings is 2. The van der Waals surface area contributed by atoms with Crippen molar-refractivity contribution < 1.29 is 0 Å². The molecule has 0 spiro atoms. The summed E-state index contributed by atoms with van der Waals surface area (Å²) in [5.41, 5.74) is 15.0. The van der Waals surface area contributed by atoms with Gasteiger partial charge in [0.1, 0.15) is 0 Å². The van der Waals surface area contributed by atoms with Gasteiger partial charge < -0.3 is 21.3 Å². The molecule has 0 amide bonds. The van der Waals surface area contributed by atoms with E-state index in [1.165, 1.54) is 0 Å². The second-order valence-corrected chi connectivity index (χ2v) is 6.20. The molecule has 2 aromatic rings. The summed E-state index contributed by atoms with van der Waals surface area (Å²) in [6, 6.07) is 11.6. The topological polar surface area (TPSA) is 58.5 Å². The lowest BCUT2D eigenvalue weighted by Gasteiger charge is -2.37. The Morgan fingerprint density at radius 3 is 1.36 bits per heavy atom. The highest BCUT2D eigenvalue weighted by atomic mass is 35.5. The van der Waals surface area contributed by atoms with Crippen LogP contribution in [0.15, 0.2) is 36.4 Å². The van der Waals surface area contributed by atoms with Crippen molar-refractivity contribution in [2.45, 2.75) is 0 Å². The first-order valence-electron chi connectivity index (χ1n) is 7.14. The number of hydrogen-bond donors (Lipinski definition) is 2. The molecular weight excluding hydrogens is 319 g/mol. The van der Waals surface area contributed by atoms with Crippen molar-refractivity contribution in [1.82, 2.24) is 0 Å². The van der Waals surface area contributed by atoms with Crippen LogP contribution in [0.5, 0.6) is 0 Å². The van der Waals surface area contributed by atoms with Crippen LogP contribution in [0.25, 0.3) is 0 Å². The minimum Gasteiger partial charge on any atom is -0.398 e. The normalized spacial score (nSPS) is 15.2. The van der Waals surface area contributed by atoms with Gasteiger partial charge in [-0.25, -0.2) is 0 Å². The molecule has 0 atom stereocenters. The van der Waals surface area contributed by atoms with Crippen LogP contribution in [-0.4, -0.2) is 26.2 Å². The van der Waals surface area contributed by atoms with Crippen molar-refractivity contribution in [3.63, 3.8) is 0 Å². The first kappa shape index (κ1) is 15.1. The van der Waals surface area contributed by atoms with Crippen LogP contribution in [0.1, 0.15) is 0 Å². The highest BCUT2D eigenvalue weighted by Crippen LogP contribution is 2.29. The van der Waals surface area contributed by atoms with Crippen molar-refractivity contribution in [3.05, 3.63) is 46.4 Å². The Bertz CT molecular complexity index is 622. The van der Waals surface area contributed by atoms with Gasteiger partial charge in [0.25, 0.3) is 0 Å². The second kappa shape index (κ2) is 6.15. The van der Waals surface area contributed by atoms with Crippen LogP contribution in [0, 0.1) is 0 Å². The van der Waals surface area contributed by atoms with Gasteiger partial charge in [-0.05, 0) is 36.4 Å². The summed E-state index contributed by atoms with van der Waals surface area (Å²) in [7, 11) is 0. The fourth-order valence-corrected chi connectivity index (χ4v) is 3.00. The zero-order valence-corrected chi connectivity index (χ0v) is 13.6. The summed E-state index contributed by atoms with van der Waals surface area (Å²) >= 11 is 12.2. The number of rotatable bonds is 2. The largest absolute Gasteiger partial charge is 0.398 e. The number of piperazine rings is 1. The van der Waals surface area contributed by atoms with Crippen LogP contribution in [0.3, 0.4) is 0 Å². The fourth-order valence-electron chi connectivity index (χ4n) is 2.65. The Kier molecular flexibility index (Phi) is 4.23. The standard InChI is InChI=1S/C16H18Cl2N4/c17-13-9-11(1-3-15(13)19)21-5-7-22(8-6-21)12-2-4-16(20)14(18)10-12/h1-4,9-10H,5-8,19-20H2. The maximum absolute atomic E-state index is 6.10. The monoisotopic (exact) mass is 336 g/mol. The summed E-state index contributed by atoms with van der Waals surface area (Å²) in [5, 5.41) is 1.20. The highest BCUT2D eigenvalue weighted by molar-refractivity contribution is 6.33. The van der Waals surface area contributed by atoms with E-state index >= 15 is 0 Å². The second-order valence-electron chi connectivity index (χ2n) is 5.39. The quantitative estimate of drug-likeness (QED) is 0.824. The molecule has 6 heteroatoms. The molecule has 1 fully saturated rings. The third kappa shape index (κ3) is 3.03. The van der Waals surface area contributed by atoms with E-state index in [4.69, 9.17) is 34.7 Å². The van der Waals surface area contributed by atoms with Crippen molar-refractivity contribution in [3.8, 4) is 0 Å². The summed E-state index contributed by atoms with van der Waals surface area (Å²) < 4.78 is 0. The summed E-state index contributed by atoms with van der Waals surface area (Å²) in [5.74, 6) is 0. The predicted octanol–water partition coefficient (Wildman–Crippen LogP) is 3.48. The Hall–Kier alpha value is -1.78. The number of halogens is 2. The lowest BCUT2D eigenvalue weighted by atomic mass is 10.2. The molecule has 1 heterocycles. The van der Waals surface area contributed by atoms with E-state index in [-0.39, 0.29) is 0 Å². The molecule has 0 aromatic heterocycles. The lowest BCUT2D eigenvalue weighted by molar-refractivity contribution is 0.653. The predicted molar refractivity (Wildman–Crippen MR) is 96.2 cm³/mol. The van der Waals surface area contributed by atoms with E-state index in [2.05, 4.69) is 9.80 Å². The van der Waals surface area contributed by atoms with E-state index in [1.807, 2.05) is 36.4 Å². The zero-order valence-electron chi connectivity index (χ0n) is 12.1. The lowest BCUT2D eigenvalue weighted by Crippen LogP contribution is -2.46. The molecule has 1 aliphatic rings. The maximum Gasteiger partial charge on any atom is 0.0656 e. The van der Waals surface area contributed by atoms with Crippen LogP contribution < -0.4 is 21.3 Å². The van der Waals surface area contributed by atoms with Gasteiger partial charge in [0.05, 0.1) is 21.4 Å². The van der Waals surface area contributed by atoms with E-state index in [0.29, 0.717) is 21.4 Å². The molecule has 1 saturated heterocycles. The fraction of sp³-hybridized carbons (Fsp3) is 0.250. The van der Waals surface area contributed by atoms with Crippen LogP contribution >= 0.6 is 23.2 Å². The third-order valence-electron chi connectivity index (χ3n) is 3.98. The van der Waals surface area contributed by atoms with E-state index in [1.54, 1.807) is 0 Å². The molecular formula is C16H18Cl2N4. The summed E-state index contributed by atoms with van der Waals surface area (Å²) in [6.07, 6.45) is 0. The van der Waals surface area contributed by atoms with Gasteiger partial charge >= 0.3 is 0 Å². The minimum atomic E-state index is 0.602. The number of nitrogen functional groups attached to an aromatic ring is 2. The van der Waals surface area contributed by atoms with E-state index in [9.17, 15) is 0 Å². The van der Waals surface area contributed by atoms with Gasteiger partial charge in [-0.1, -0.05) is 23.2 Å². The number of hydrogen-bond acceptors (Lipinski definition) is 4. The molecule has 2 aromatic carbocycles. The molecule has 0 saturated carbocycles. The zero-order chi connectivity index (χ0) is 15.7. The van der Waals surface area contributed by atoms with Crippen molar-refractivity contribution >= 4 is 46.0 Å². The van der Waals surface area contributed by atoms with Crippen molar-refractivity contribution in [1.29, 1.82) is 0 Å². The molecule has 0 unspecified atom stereocenters. The Morgan fingerprint density at radius 2 is 1.05 bits per heavy atom. The SMILES string of the molecule is Nc1ccc(N2CCN(c3ccc(N)c(Cl)c3)CC2)cc1Cl. The smallest absolute Gasteiger partial charge is 0.0656 e. The maximum atomic E-state index is 6.10. The molecule has 0 bridgehead atoms. The van der Waals surface area contributed by atoms with Gasteiger partial charge in [0.15, 0.2) is 0 Å². The van der Waals surface area contributed by atoms with Gasteiger partial charge in [-0.3, -0.25) is 0 Å². The molecule has 22 heavy (non-hydrogen) atoms. The Labute approximate surface area is 140 Å². The molecule has 0 aliphatic carbocycles. The molecule has 116 valence electrons. The Balaban J connectivity index is 1.69. The average molecular weight is 337 g/mol. The van der Waals surface area contributed by atoms with Gasteiger partial charge in [-0.2, -0.15) is 0 Å². The third-order valence-corrected chi connectivity index (χ3v) is 4.63. The van der Waals surface area contributed by atoms with E-state index in [0.717, 1.165) is 37.6 Å². The molecule has 3 rings (SSSR count). The average Bonchev–Trinajstić information content (AvgIpc) is 2.53. The van der Waals surface area contributed by atoms with Crippen molar-refractivity contribution in [2.75, 3.05) is 47.4 Å². The number of nitrogens with two attached hydrogens (primary N) is 2. The van der Waals surface area contributed by atoms with Crippen molar-refractivity contribution in [2.24, 2.45) is 0 Å². The number of nitrogens with zero attached hydrogens (tertiary/aromatic N) is 2. The highest BCUT2D eigenvalue weighted by Gasteiger charge is 2.18. The van der Waals surface area contributed by atoms with Gasteiger partial charge in [0.2, 0.25) is 0 Å². The summed E-state index contributed by atoms with van der Waals surface area (Å²) in [4.78, 5) is 4.61. The van der Waals surface area contributed by atoms with Crippen LogP contribution in [-0.2, 0) is 0 Å². The minimum absolute atomic E-state index is 0.602. The van der Waals surface area contributed by atoms with Crippen LogP contribution in [0.2, 0.25) is 10.0 Å². The van der Waals surface area contributed by atoms with Gasteiger partial charge in [0, 0.05) is 37.6 Å². The molecule has 0 radical (unpaired) electrons. The Morgan fingerprint density at radius 1 is 0.682 bits per heavy atom. The molecule has 4 N–H and O–H groups in total.